The molecule has 2 radical (unpaired) electrons. The van der Waals surface area contributed by atoms with Crippen molar-refractivity contribution in [3.63, 3.8) is 0 Å². The van der Waals surface area contributed by atoms with Crippen LogP contribution in [0.3, 0.4) is 0 Å². The average molecular weight is 472 g/mol. The number of aliphatic carboxylic acids is 2. The second-order valence-electron chi connectivity index (χ2n) is 7.48. The summed E-state index contributed by atoms with van der Waals surface area (Å²) in [5, 5.41) is 25.0. The second kappa shape index (κ2) is 9.17. The molecule has 154 valence electrons. The van der Waals surface area contributed by atoms with Gasteiger partial charge in [0.25, 0.3) is 0 Å². The fraction of sp³-hybridized carbons (Fsp3) is 0.600. The van der Waals surface area contributed by atoms with Gasteiger partial charge in [-0.05, 0) is 0 Å². The number of hydrogen-bond acceptors (Lipinski definition) is 4. The van der Waals surface area contributed by atoms with Crippen LogP contribution in [-0.2, 0) is 14.3 Å². The van der Waals surface area contributed by atoms with Crippen LogP contribution in [0, 0.1) is 10.8 Å². The Hall–Kier alpha value is -1.07. The number of hydrogen-bond donors (Lipinski definition) is 3. The Morgan fingerprint density at radius 3 is 2.43 bits per heavy atom. The molecule has 1 heterocycles. The van der Waals surface area contributed by atoms with E-state index in [-0.39, 0.29) is 13.0 Å². The first-order chi connectivity index (χ1) is 13.2. The molecule has 2 rings (SSSR count). The van der Waals surface area contributed by atoms with Crippen LogP contribution in [0.2, 0.25) is 10.2 Å². The quantitative estimate of drug-likeness (QED) is 0.398. The number of carboxylic acid groups (broad SMARTS) is 2. The summed E-state index contributed by atoms with van der Waals surface area (Å²) in [6.45, 7) is 5.83. The monoisotopic (exact) mass is 471 g/mol. The Morgan fingerprint density at radius 1 is 1.29 bits per heavy atom. The Morgan fingerprint density at radius 2 is 1.93 bits per heavy atom. The third kappa shape index (κ3) is 3.72. The van der Waals surface area contributed by atoms with Gasteiger partial charge in [0.1, 0.15) is 0 Å². The molecule has 5 unspecified atom stereocenters. The van der Waals surface area contributed by atoms with Crippen molar-refractivity contribution >= 4 is 40.4 Å². The van der Waals surface area contributed by atoms with Gasteiger partial charge in [-0.25, -0.2) is 0 Å². The second-order valence-corrected chi connectivity index (χ2v) is 8.83. The zero-order valence-corrected chi connectivity index (χ0v) is 18.9. The van der Waals surface area contributed by atoms with Gasteiger partial charge in [0, 0.05) is 0 Å². The first kappa shape index (κ1) is 23.2. The van der Waals surface area contributed by atoms with Crippen molar-refractivity contribution in [3.8, 4) is 0 Å². The molecule has 0 bridgehead atoms. The number of carbonyl (C=O) groups is 2. The maximum absolute atomic E-state index is 12.7. The summed E-state index contributed by atoms with van der Waals surface area (Å²) < 4.78 is 5.70. The standard InChI is InChI=1S/C20H27AsClNO5/c1-4-20(18(26)27)15(11-28-10-9-21)23-12(2)19(3,17(24)25)16(20)13-7-5-6-8-14(13)22/h5-8,12,15-16,23H,4,9-11H2,1-3H3,(H,24,25)(H,26,27). The van der Waals surface area contributed by atoms with Crippen LogP contribution in [0.5, 0.6) is 0 Å². The molecule has 0 spiro atoms. The minimum atomic E-state index is -1.40. The topological polar surface area (TPSA) is 95.9 Å². The van der Waals surface area contributed by atoms with E-state index < -0.39 is 40.8 Å². The molecule has 5 atom stereocenters. The number of halogens is 1. The molecule has 1 aliphatic heterocycles. The van der Waals surface area contributed by atoms with E-state index in [2.05, 4.69) is 22.2 Å². The Labute approximate surface area is 179 Å². The third-order valence-electron chi connectivity index (χ3n) is 6.27. The van der Waals surface area contributed by atoms with E-state index in [1.54, 1.807) is 45.0 Å². The van der Waals surface area contributed by atoms with Gasteiger partial charge in [-0.2, -0.15) is 0 Å². The van der Waals surface area contributed by atoms with Crippen LogP contribution in [0.15, 0.2) is 24.3 Å². The molecule has 0 amide bonds. The fourth-order valence-corrected chi connectivity index (χ4v) is 5.08. The van der Waals surface area contributed by atoms with Crippen LogP contribution in [0.1, 0.15) is 38.7 Å². The van der Waals surface area contributed by atoms with E-state index in [0.717, 1.165) is 5.21 Å². The molecule has 1 aliphatic rings. The van der Waals surface area contributed by atoms with Crippen molar-refractivity contribution in [2.45, 2.75) is 50.4 Å². The normalized spacial score (nSPS) is 32.8. The van der Waals surface area contributed by atoms with E-state index in [1.165, 1.54) is 0 Å². The summed E-state index contributed by atoms with van der Waals surface area (Å²) in [5.41, 5.74) is -2.23. The first-order valence-corrected chi connectivity index (χ1v) is 11.0. The number of carboxylic acids is 2. The van der Waals surface area contributed by atoms with Crippen LogP contribution < -0.4 is 5.32 Å². The molecule has 8 heteroatoms. The van der Waals surface area contributed by atoms with Gasteiger partial charge in [-0.15, -0.1) is 0 Å². The van der Waals surface area contributed by atoms with Gasteiger partial charge in [-0.3, -0.25) is 0 Å². The number of nitrogens with one attached hydrogen (secondary N) is 1. The molecule has 0 aromatic heterocycles. The van der Waals surface area contributed by atoms with Gasteiger partial charge in [0.2, 0.25) is 0 Å². The molecule has 0 saturated carbocycles. The Kier molecular flexibility index (Phi) is 7.60. The van der Waals surface area contributed by atoms with Crippen molar-refractivity contribution in [1.82, 2.24) is 5.32 Å². The van der Waals surface area contributed by atoms with E-state index in [9.17, 15) is 19.8 Å². The third-order valence-corrected chi connectivity index (χ3v) is 6.99. The molecule has 1 saturated heterocycles. The first-order valence-electron chi connectivity index (χ1n) is 9.33. The van der Waals surface area contributed by atoms with E-state index >= 15 is 0 Å². The van der Waals surface area contributed by atoms with E-state index in [4.69, 9.17) is 16.3 Å². The van der Waals surface area contributed by atoms with Crippen LogP contribution >= 0.6 is 11.6 Å². The zero-order valence-electron chi connectivity index (χ0n) is 16.3. The summed E-state index contributed by atoms with van der Waals surface area (Å²) in [4.78, 5) is 25.2. The average Bonchev–Trinajstić information content (AvgIpc) is 2.64. The summed E-state index contributed by atoms with van der Waals surface area (Å²) in [7, 11) is 0. The van der Waals surface area contributed by atoms with Crippen molar-refractivity contribution in [1.29, 1.82) is 0 Å². The number of ether oxygens (including phenoxy) is 1. The minimum absolute atomic E-state index is 0.179. The molecular formula is C20H27AsClNO5. The van der Waals surface area contributed by atoms with Crippen molar-refractivity contribution < 1.29 is 24.5 Å². The molecular weight excluding hydrogens is 445 g/mol. The van der Waals surface area contributed by atoms with Crippen LogP contribution in [0.25, 0.3) is 0 Å². The molecule has 28 heavy (non-hydrogen) atoms. The SMILES string of the molecule is CCC1(C(=O)O)C(COCC[As])NC(C)C(C)(C(=O)O)C1c1ccccc1Cl. The molecule has 1 aromatic rings. The fourth-order valence-electron chi connectivity index (χ4n) is 4.57. The van der Waals surface area contributed by atoms with Gasteiger partial charge in [0.05, 0.1) is 0 Å². The van der Waals surface area contributed by atoms with Gasteiger partial charge in [-0.1, -0.05) is 0 Å². The summed E-state index contributed by atoms with van der Waals surface area (Å²) in [6, 6.07) is 5.88. The number of piperidine rings is 1. The van der Waals surface area contributed by atoms with Crippen molar-refractivity contribution in [3.05, 3.63) is 34.9 Å². The Bertz CT molecular complexity index is 732. The zero-order chi connectivity index (χ0) is 21.1. The summed E-state index contributed by atoms with van der Waals surface area (Å²) in [6.07, 6.45) is 0.233. The number of benzene rings is 1. The van der Waals surface area contributed by atoms with E-state index in [1.807, 2.05) is 0 Å². The van der Waals surface area contributed by atoms with Gasteiger partial charge in [0.15, 0.2) is 0 Å². The number of rotatable bonds is 8. The van der Waals surface area contributed by atoms with Crippen LogP contribution in [-0.4, -0.2) is 64.3 Å². The van der Waals surface area contributed by atoms with Gasteiger partial charge >= 0.3 is 180 Å². The van der Waals surface area contributed by atoms with Crippen LogP contribution in [0.4, 0.5) is 0 Å². The summed E-state index contributed by atoms with van der Waals surface area (Å²) >= 11 is 8.88. The van der Waals surface area contributed by atoms with Crippen molar-refractivity contribution in [2.24, 2.45) is 10.8 Å². The predicted molar refractivity (Wildman–Crippen MR) is 108 cm³/mol. The van der Waals surface area contributed by atoms with Crippen molar-refractivity contribution in [2.75, 3.05) is 13.2 Å². The molecule has 1 fully saturated rings. The molecule has 0 aliphatic carbocycles. The van der Waals surface area contributed by atoms with E-state index in [0.29, 0.717) is 17.2 Å². The summed E-state index contributed by atoms with van der Waals surface area (Å²) in [5.74, 6) is -2.94. The van der Waals surface area contributed by atoms with Gasteiger partial charge < -0.3 is 0 Å². The maximum atomic E-state index is 12.7. The molecule has 6 nitrogen and oxygen atoms in total. The molecule has 3 N–H and O–H groups in total. The predicted octanol–water partition coefficient (Wildman–Crippen LogP) is 2.96. The Balaban J connectivity index is 2.75. The molecule has 1 aromatic carbocycles.